The van der Waals surface area contributed by atoms with Gasteiger partial charge in [0.05, 0.1) is 5.56 Å². The second-order valence-electron chi connectivity index (χ2n) is 7.12. The van der Waals surface area contributed by atoms with Gasteiger partial charge in [-0.3, -0.25) is 14.5 Å². The molecule has 2 N–H and O–H groups in total. The van der Waals surface area contributed by atoms with Crippen molar-refractivity contribution in [2.45, 2.75) is 12.8 Å². The van der Waals surface area contributed by atoms with Crippen molar-refractivity contribution in [3.05, 3.63) is 70.3 Å². The summed E-state index contributed by atoms with van der Waals surface area (Å²) in [6, 6.07) is 12.2. The van der Waals surface area contributed by atoms with Gasteiger partial charge in [0, 0.05) is 35.3 Å². The highest BCUT2D eigenvalue weighted by atomic mass is 19.1. The van der Waals surface area contributed by atoms with Gasteiger partial charge >= 0.3 is 0 Å². The Bertz CT molecular complexity index is 1090. The van der Waals surface area contributed by atoms with Crippen LogP contribution in [-0.2, 0) is 0 Å². The van der Waals surface area contributed by atoms with E-state index in [2.05, 4.69) is 15.2 Å². The fraction of sp³-hybridized carbons (Fsp3) is 0.273. The minimum Gasteiger partial charge on any atom is -0.492 e. The molecule has 0 spiro atoms. The van der Waals surface area contributed by atoms with E-state index in [1.807, 2.05) is 6.07 Å². The number of amides is 1. The molecule has 3 aromatic rings. The molecule has 0 aliphatic carbocycles. The molecule has 150 valence electrons. The zero-order chi connectivity index (χ0) is 20.2. The number of H-pyrrole nitrogens is 1. The number of carbonyl (C=O) groups is 1. The Morgan fingerprint density at radius 2 is 1.97 bits per heavy atom. The van der Waals surface area contributed by atoms with E-state index in [9.17, 15) is 14.0 Å². The molecule has 2 aromatic carbocycles. The number of aromatic amines is 1. The number of nitrogens with one attached hydrogen (secondary N) is 2. The van der Waals surface area contributed by atoms with E-state index in [0.717, 1.165) is 19.6 Å². The van der Waals surface area contributed by atoms with Crippen molar-refractivity contribution in [1.29, 1.82) is 0 Å². The van der Waals surface area contributed by atoms with Crippen LogP contribution < -0.4 is 15.6 Å². The molecule has 1 aliphatic rings. The third-order valence-corrected chi connectivity index (χ3v) is 5.02. The molecule has 0 radical (unpaired) electrons. The number of hydrogen-bond donors (Lipinski definition) is 2. The predicted octanol–water partition coefficient (Wildman–Crippen LogP) is 3.39. The molecule has 29 heavy (non-hydrogen) atoms. The van der Waals surface area contributed by atoms with E-state index >= 15 is 0 Å². The van der Waals surface area contributed by atoms with Gasteiger partial charge in [0.15, 0.2) is 0 Å². The number of aromatic nitrogens is 1. The first-order chi connectivity index (χ1) is 14.1. The van der Waals surface area contributed by atoms with Crippen molar-refractivity contribution in [3.63, 3.8) is 0 Å². The lowest BCUT2D eigenvalue weighted by atomic mass is 10.1. The normalized spacial score (nSPS) is 14.2. The highest BCUT2D eigenvalue weighted by Gasteiger charge is 2.14. The Balaban J connectivity index is 1.48. The minimum absolute atomic E-state index is 0.114. The summed E-state index contributed by atoms with van der Waals surface area (Å²) in [5.41, 5.74) is 0.637. The van der Waals surface area contributed by atoms with Gasteiger partial charge in [-0.05, 0) is 56.3 Å². The van der Waals surface area contributed by atoms with E-state index in [4.69, 9.17) is 4.74 Å². The number of anilines is 1. The fourth-order valence-electron chi connectivity index (χ4n) is 3.57. The van der Waals surface area contributed by atoms with E-state index in [0.29, 0.717) is 28.9 Å². The van der Waals surface area contributed by atoms with Gasteiger partial charge in [-0.2, -0.15) is 0 Å². The Labute approximate surface area is 167 Å². The first-order valence-electron chi connectivity index (χ1n) is 9.68. The lowest BCUT2D eigenvalue weighted by Crippen LogP contribution is -2.25. The summed E-state index contributed by atoms with van der Waals surface area (Å²) in [5, 5.41) is 3.11. The van der Waals surface area contributed by atoms with Crippen LogP contribution in [0.5, 0.6) is 5.75 Å². The molecule has 4 rings (SSSR count). The van der Waals surface area contributed by atoms with E-state index < -0.39 is 17.3 Å². The molecule has 0 saturated carbocycles. The van der Waals surface area contributed by atoms with Gasteiger partial charge in [-0.15, -0.1) is 0 Å². The van der Waals surface area contributed by atoms with E-state index in [1.54, 1.807) is 18.2 Å². The van der Waals surface area contributed by atoms with Crippen LogP contribution in [0.2, 0.25) is 0 Å². The summed E-state index contributed by atoms with van der Waals surface area (Å²) in [5.74, 6) is -0.309. The van der Waals surface area contributed by atoms with Gasteiger partial charge in [0.2, 0.25) is 5.56 Å². The van der Waals surface area contributed by atoms with Crippen LogP contribution in [0, 0.1) is 5.82 Å². The summed E-state index contributed by atoms with van der Waals surface area (Å²) in [7, 11) is 0. The third-order valence-electron chi connectivity index (χ3n) is 5.02. The topological polar surface area (TPSA) is 74.4 Å². The summed E-state index contributed by atoms with van der Waals surface area (Å²) in [6.45, 7) is 3.69. The monoisotopic (exact) mass is 395 g/mol. The van der Waals surface area contributed by atoms with Crippen LogP contribution in [0.3, 0.4) is 0 Å². The van der Waals surface area contributed by atoms with Crippen LogP contribution in [0.15, 0.2) is 53.3 Å². The van der Waals surface area contributed by atoms with E-state index in [-0.39, 0.29) is 5.56 Å². The van der Waals surface area contributed by atoms with Gasteiger partial charge in [0.1, 0.15) is 18.2 Å². The fourth-order valence-corrected chi connectivity index (χ4v) is 3.57. The number of rotatable bonds is 6. The Morgan fingerprint density at radius 1 is 1.14 bits per heavy atom. The zero-order valence-electron chi connectivity index (χ0n) is 15.9. The number of ether oxygens (including phenoxy) is 1. The van der Waals surface area contributed by atoms with Crippen LogP contribution in [-0.4, -0.2) is 42.0 Å². The smallest absolute Gasteiger partial charge is 0.256 e. The number of halogens is 1. The van der Waals surface area contributed by atoms with Crippen molar-refractivity contribution in [2.24, 2.45) is 0 Å². The van der Waals surface area contributed by atoms with Crippen molar-refractivity contribution < 1.29 is 13.9 Å². The second kappa shape index (κ2) is 8.45. The molecule has 0 unspecified atom stereocenters. The van der Waals surface area contributed by atoms with Crippen LogP contribution in [0.25, 0.3) is 10.9 Å². The Morgan fingerprint density at radius 3 is 2.79 bits per heavy atom. The summed E-state index contributed by atoms with van der Waals surface area (Å²) < 4.78 is 19.5. The highest BCUT2D eigenvalue weighted by molar-refractivity contribution is 6.12. The average Bonchev–Trinajstić information content (AvgIpc) is 3.21. The molecule has 1 amide bonds. The third kappa shape index (κ3) is 4.63. The second-order valence-corrected chi connectivity index (χ2v) is 7.12. The number of benzene rings is 2. The zero-order valence-corrected chi connectivity index (χ0v) is 15.9. The maximum Gasteiger partial charge on any atom is 0.256 e. The van der Waals surface area contributed by atoms with Gasteiger partial charge < -0.3 is 15.0 Å². The van der Waals surface area contributed by atoms with Gasteiger partial charge in [-0.1, -0.05) is 6.07 Å². The molecule has 7 heteroatoms. The average molecular weight is 395 g/mol. The molecule has 1 aromatic heterocycles. The van der Waals surface area contributed by atoms with Crippen molar-refractivity contribution in [2.75, 3.05) is 31.6 Å². The highest BCUT2D eigenvalue weighted by Crippen LogP contribution is 2.21. The van der Waals surface area contributed by atoms with Gasteiger partial charge in [0.25, 0.3) is 5.91 Å². The Kier molecular flexibility index (Phi) is 5.57. The number of nitrogens with zero attached hydrogens (tertiary/aromatic N) is 1. The first kappa shape index (κ1) is 19.1. The maximum atomic E-state index is 13.6. The molecule has 1 aliphatic heterocycles. The van der Waals surface area contributed by atoms with Crippen LogP contribution >= 0.6 is 0 Å². The van der Waals surface area contributed by atoms with Gasteiger partial charge in [-0.25, -0.2) is 4.39 Å². The van der Waals surface area contributed by atoms with Crippen molar-refractivity contribution >= 4 is 22.5 Å². The number of likely N-dealkylation sites (tertiary alicyclic amines) is 1. The molecule has 1 fully saturated rings. The first-order valence-corrected chi connectivity index (χ1v) is 9.68. The molecule has 2 heterocycles. The molecule has 1 saturated heterocycles. The summed E-state index contributed by atoms with van der Waals surface area (Å²) in [6.07, 6.45) is 2.48. The molecule has 0 atom stereocenters. The van der Waals surface area contributed by atoms with Crippen LogP contribution in [0.4, 0.5) is 10.1 Å². The lowest BCUT2D eigenvalue weighted by molar-refractivity contribution is 0.102. The largest absolute Gasteiger partial charge is 0.492 e. The van der Waals surface area contributed by atoms with Crippen LogP contribution in [0.1, 0.15) is 23.2 Å². The maximum absolute atomic E-state index is 13.6. The molecule has 6 nitrogen and oxygen atoms in total. The standard InChI is InChI=1S/C22H22FN3O3/c23-15-6-7-20-18(12-15)19(14-21(27)25-20)22(28)24-16-4-3-5-17(13-16)29-11-10-26-8-1-2-9-26/h3-7,12-14H,1-2,8-11H2,(H,24,28)(H,25,27). The Hall–Kier alpha value is -3.19. The molecular weight excluding hydrogens is 373 g/mol. The SMILES string of the molecule is O=C(Nc1cccc(OCCN2CCCC2)c1)c1cc(=O)[nH]c2ccc(F)cc12. The molecular formula is C22H22FN3O3. The number of carbonyl (C=O) groups excluding carboxylic acids is 1. The summed E-state index contributed by atoms with van der Waals surface area (Å²) in [4.78, 5) is 29.6. The molecule has 0 bridgehead atoms. The number of pyridine rings is 1. The van der Waals surface area contributed by atoms with Crippen molar-refractivity contribution in [1.82, 2.24) is 9.88 Å². The lowest BCUT2D eigenvalue weighted by Gasteiger charge is -2.15. The van der Waals surface area contributed by atoms with E-state index in [1.165, 1.54) is 37.1 Å². The quantitative estimate of drug-likeness (QED) is 0.671. The summed E-state index contributed by atoms with van der Waals surface area (Å²) >= 11 is 0. The number of hydrogen-bond acceptors (Lipinski definition) is 4. The number of fused-ring (bicyclic) bond motifs is 1. The predicted molar refractivity (Wildman–Crippen MR) is 110 cm³/mol. The minimum atomic E-state index is -0.485. The van der Waals surface area contributed by atoms with Crippen molar-refractivity contribution in [3.8, 4) is 5.75 Å².